The van der Waals surface area contributed by atoms with Crippen molar-refractivity contribution < 1.29 is 19.1 Å². The first-order chi connectivity index (χ1) is 20.6. The van der Waals surface area contributed by atoms with Crippen molar-refractivity contribution in [3.63, 3.8) is 0 Å². The van der Waals surface area contributed by atoms with E-state index in [1.165, 1.54) is 22.7 Å². The fraction of sp³-hybridized carbons (Fsp3) is 0.222. The van der Waals surface area contributed by atoms with Crippen LogP contribution in [-0.2, 0) is 0 Å². The van der Waals surface area contributed by atoms with Crippen LogP contribution in [0.25, 0.3) is 0 Å². The van der Waals surface area contributed by atoms with Crippen molar-refractivity contribution in [1.29, 1.82) is 0 Å². The standard InChI is InChI=1S/C36H30O4S2/c1-39-25-15-11-23(12-16-25)31-29(33(31)35(37)27-5-3-19-41-27)21-7-9-22(10-8-21)30-32(24-13-17-26(40-2)18-14-24)34(30)36(38)28-6-4-20-42-28/h3-20,29-34H,1-2H3. The normalized spacial score (nSPS) is 24.1. The first kappa shape index (κ1) is 26.9. The van der Waals surface area contributed by atoms with Gasteiger partial charge in [-0.05, 0) is 69.4 Å². The molecule has 5 aromatic rings. The molecule has 6 unspecified atom stereocenters. The van der Waals surface area contributed by atoms with Crippen molar-refractivity contribution in [2.45, 2.75) is 23.7 Å². The highest BCUT2D eigenvalue weighted by molar-refractivity contribution is 7.12. The van der Waals surface area contributed by atoms with Crippen LogP contribution in [0.15, 0.2) is 108 Å². The highest BCUT2D eigenvalue weighted by Crippen LogP contribution is 2.64. The molecule has 2 saturated carbocycles. The van der Waals surface area contributed by atoms with Crippen molar-refractivity contribution >= 4 is 34.2 Å². The Kier molecular flexibility index (Phi) is 7.04. The number of methoxy groups -OCH3 is 2. The van der Waals surface area contributed by atoms with Gasteiger partial charge in [-0.25, -0.2) is 0 Å². The van der Waals surface area contributed by atoms with Gasteiger partial charge in [0.05, 0.1) is 24.0 Å². The lowest BCUT2D eigenvalue weighted by molar-refractivity contribution is 0.0959. The molecule has 0 spiro atoms. The number of ketones is 2. The molecular weight excluding hydrogens is 561 g/mol. The number of hydrogen-bond acceptors (Lipinski definition) is 6. The molecule has 3 aromatic carbocycles. The maximum absolute atomic E-state index is 13.6. The van der Waals surface area contributed by atoms with Crippen molar-refractivity contribution in [3.8, 4) is 11.5 Å². The quantitative estimate of drug-likeness (QED) is 0.153. The molecule has 2 fully saturated rings. The van der Waals surface area contributed by atoms with Crippen molar-refractivity contribution in [2.75, 3.05) is 14.2 Å². The number of benzene rings is 3. The van der Waals surface area contributed by atoms with Crippen LogP contribution in [0.4, 0.5) is 0 Å². The van der Waals surface area contributed by atoms with Crippen LogP contribution in [0.3, 0.4) is 0 Å². The molecule has 6 heteroatoms. The predicted octanol–water partition coefficient (Wildman–Crippen LogP) is 8.59. The van der Waals surface area contributed by atoms with E-state index in [-0.39, 0.29) is 47.1 Å². The molecule has 0 N–H and O–H groups in total. The second-order valence-corrected chi connectivity index (χ2v) is 12.9. The highest BCUT2D eigenvalue weighted by Gasteiger charge is 2.58. The molecule has 2 heterocycles. The topological polar surface area (TPSA) is 52.6 Å². The summed E-state index contributed by atoms with van der Waals surface area (Å²) in [5.74, 6) is 2.33. The van der Waals surface area contributed by atoms with Crippen molar-refractivity contribution in [1.82, 2.24) is 0 Å². The summed E-state index contributed by atoms with van der Waals surface area (Å²) in [6.07, 6.45) is 0. The summed E-state index contributed by atoms with van der Waals surface area (Å²) in [5, 5.41) is 3.93. The van der Waals surface area contributed by atoms with Crippen LogP contribution in [0.2, 0.25) is 0 Å². The SMILES string of the molecule is COc1ccc(C2C(C(=O)c3cccs3)C2c2ccc(C3C(C(=O)c4cccs4)C3c3ccc(OC)cc3)cc2)cc1. The van der Waals surface area contributed by atoms with Crippen LogP contribution >= 0.6 is 22.7 Å². The predicted molar refractivity (Wildman–Crippen MR) is 168 cm³/mol. The van der Waals surface area contributed by atoms with E-state index < -0.39 is 0 Å². The Labute approximate surface area is 253 Å². The molecule has 0 saturated heterocycles. The van der Waals surface area contributed by atoms with E-state index in [1.54, 1.807) is 14.2 Å². The first-order valence-corrected chi connectivity index (χ1v) is 15.9. The lowest BCUT2D eigenvalue weighted by Crippen LogP contribution is -2.02. The second-order valence-electron chi connectivity index (χ2n) is 11.1. The third-order valence-electron chi connectivity index (χ3n) is 8.88. The van der Waals surface area contributed by atoms with Crippen LogP contribution in [0.5, 0.6) is 11.5 Å². The Bertz CT molecular complexity index is 1560. The van der Waals surface area contributed by atoms with Gasteiger partial charge in [-0.15, -0.1) is 22.7 Å². The van der Waals surface area contributed by atoms with Gasteiger partial charge in [0.15, 0.2) is 11.6 Å². The molecule has 2 aliphatic rings. The Morgan fingerprint density at radius 1 is 0.500 bits per heavy atom. The van der Waals surface area contributed by atoms with Crippen LogP contribution < -0.4 is 9.47 Å². The molecule has 2 aliphatic carbocycles. The zero-order valence-corrected chi connectivity index (χ0v) is 24.9. The minimum absolute atomic E-state index is 0.0935. The molecule has 42 heavy (non-hydrogen) atoms. The lowest BCUT2D eigenvalue weighted by atomic mass is 9.99. The zero-order valence-electron chi connectivity index (χ0n) is 23.3. The first-order valence-electron chi connectivity index (χ1n) is 14.1. The fourth-order valence-electron chi connectivity index (χ4n) is 6.69. The average Bonchev–Trinajstić information content (AvgIpc) is 3.75. The minimum atomic E-state index is -0.0935. The summed E-state index contributed by atoms with van der Waals surface area (Å²) in [7, 11) is 3.33. The Morgan fingerprint density at radius 2 is 0.810 bits per heavy atom. The molecule has 4 nitrogen and oxygen atoms in total. The smallest absolute Gasteiger partial charge is 0.177 e. The van der Waals surface area contributed by atoms with Gasteiger partial charge in [-0.1, -0.05) is 60.7 Å². The van der Waals surface area contributed by atoms with E-state index in [9.17, 15) is 9.59 Å². The van der Waals surface area contributed by atoms with Gasteiger partial charge in [-0.2, -0.15) is 0 Å². The number of carbonyl (C=O) groups excluding carboxylic acids is 2. The van der Waals surface area contributed by atoms with E-state index in [0.29, 0.717) is 0 Å². The fourth-order valence-corrected chi connectivity index (χ4v) is 8.12. The third kappa shape index (κ3) is 4.79. The molecule has 2 aromatic heterocycles. The van der Waals surface area contributed by atoms with E-state index in [2.05, 4.69) is 48.5 Å². The van der Waals surface area contributed by atoms with E-state index >= 15 is 0 Å². The molecule has 0 radical (unpaired) electrons. The van der Waals surface area contributed by atoms with Crippen LogP contribution in [0, 0.1) is 11.8 Å². The summed E-state index contributed by atoms with van der Waals surface area (Å²) in [6, 6.07) is 32.6. The van der Waals surface area contributed by atoms with E-state index in [1.807, 2.05) is 59.3 Å². The number of Topliss-reactive ketones (excluding diaryl/α,β-unsaturated/α-hetero) is 2. The molecule has 0 amide bonds. The summed E-state index contributed by atoms with van der Waals surface area (Å²) in [5.41, 5.74) is 4.64. The van der Waals surface area contributed by atoms with Gasteiger partial charge in [0, 0.05) is 35.5 Å². The molecule has 7 rings (SSSR count). The Balaban J connectivity index is 1.18. The number of hydrogen-bond donors (Lipinski definition) is 0. The molecular formula is C36H30O4S2. The Hall–Kier alpha value is -4.00. The summed E-state index contributed by atoms with van der Waals surface area (Å²) < 4.78 is 10.7. The van der Waals surface area contributed by atoms with Gasteiger partial charge in [0.25, 0.3) is 0 Å². The van der Waals surface area contributed by atoms with Crippen molar-refractivity contribution in [2.24, 2.45) is 11.8 Å². The largest absolute Gasteiger partial charge is 0.497 e. The monoisotopic (exact) mass is 590 g/mol. The van der Waals surface area contributed by atoms with Gasteiger partial charge in [-0.3, -0.25) is 9.59 Å². The third-order valence-corrected chi connectivity index (χ3v) is 10.6. The molecule has 0 bridgehead atoms. The highest BCUT2D eigenvalue weighted by atomic mass is 32.1. The Morgan fingerprint density at radius 3 is 1.07 bits per heavy atom. The zero-order chi connectivity index (χ0) is 28.8. The molecule has 210 valence electrons. The van der Waals surface area contributed by atoms with E-state index in [0.717, 1.165) is 43.5 Å². The molecule has 0 aliphatic heterocycles. The van der Waals surface area contributed by atoms with E-state index in [4.69, 9.17) is 9.47 Å². The molecule has 6 atom stereocenters. The number of rotatable bonds is 10. The lowest BCUT2D eigenvalue weighted by Gasteiger charge is -2.06. The second kappa shape index (κ2) is 11.0. The maximum atomic E-state index is 13.6. The minimum Gasteiger partial charge on any atom is -0.497 e. The summed E-state index contributed by atoms with van der Waals surface area (Å²) in [4.78, 5) is 28.7. The van der Waals surface area contributed by atoms with Gasteiger partial charge >= 0.3 is 0 Å². The summed E-state index contributed by atoms with van der Waals surface area (Å²) in [6.45, 7) is 0. The average molecular weight is 591 g/mol. The number of ether oxygens (including phenoxy) is 2. The number of thiophene rings is 2. The van der Waals surface area contributed by atoms with Gasteiger partial charge < -0.3 is 9.47 Å². The van der Waals surface area contributed by atoms with Crippen LogP contribution in [0.1, 0.15) is 65.3 Å². The van der Waals surface area contributed by atoms with Gasteiger partial charge in [0.2, 0.25) is 0 Å². The number of carbonyl (C=O) groups is 2. The maximum Gasteiger partial charge on any atom is 0.177 e. The summed E-state index contributed by atoms with van der Waals surface area (Å²) >= 11 is 3.02. The van der Waals surface area contributed by atoms with Crippen molar-refractivity contribution in [3.05, 3.63) is 140 Å². The van der Waals surface area contributed by atoms with Gasteiger partial charge in [0.1, 0.15) is 11.5 Å². The van der Waals surface area contributed by atoms with Crippen LogP contribution in [-0.4, -0.2) is 25.8 Å².